The second-order valence-corrected chi connectivity index (χ2v) is 7.72. The molecule has 1 aromatic carbocycles. The minimum atomic E-state index is -0.216. The van der Waals surface area contributed by atoms with E-state index in [-0.39, 0.29) is 18.0 Å². The highest BCUT2D eigenvalue weighted by Gasteiger charge is 2.09. The second kappa shape index (κ2) is 9.20. The van der Waals surface area contributed by atoms with Crippen molar-refractivity contribution in [2.75, 3.05) is 6.61 Å². The van der Waals surface area contributed by atoms with Crippen LogP contribution in [0.1, 0.15) is 12.1 Å². The fourth-order valence-corrected chi connectivity index (χ4v) is 3.97. The first kappa shape index (κ1) is 20.9. The number of fused-ring (bicyclic) bond motifs is 2. The maximum absolute atomic E-state index is 12.7. The number of rotatable bonds is 6. The van der Waals surface area contributed by atoms with Crippen molar-refractivity contribution in [1.29, 1.82) is 0 Å². The fraction of sp³-hybridized carbons (Fsp3) is 0.136. The first-order valence-corrected chi connectivity index (χ1v) is 10.4. The molecule has 9 heteroatoms. The van der Waals surface area contributed by atoms with Crippen LogP contribution in [0.5, 0.6) is 5.75 Å². The van der Waals surface area contributed by atoms with Crippen molar-refractivity contribution in [3.05, 3.63) is 76.5 Å². The molecule has 156 valence electrons. The van der Waals surface area contributed by atoms with Gasteiger partial charge in [0, 0.05) is 24.8 Å². The predicted octanol–water partition coefficient (Wildman–Crippen LogP) is 4.42. The van der Waals surface area contributed by atoms with E-state index in [1.807, 2.05) is 23.6 Å². The van der Waals surface area contributed by atoms with E-state index in [0.717, 1.165) is 28.6 Å². The standard InChI is InChI=1S/C22H17N5O2S.ClH/c28-22-17-11-16(29-8-1-2-15-12-23-6-7-24-15)3-4-18(17)26-21(27-22)19-10-14-5-9-30-20(14)13-25-19;/h3-7,9-13H,1-2,8H2,(H,26,27,28);1H. The van der Waals surface area contributed by atoms with Gasteiger partial charge >= 0.3 is 0 Å². The van der Waals surface area contributed by atoms with Gasteiger partial charge in [0.1, 0.15) is 11.4 Å². The molecule has 5 rings (SSSR count). The third kappa shape index (κ3) is 4.55. The number of H-pyrrole nitrogens is 1. The summed E-state index contributed by atoms with van der Waals surface area (Å²) in [5.74, 6) is 1.10. The predicted molar refractivity (Wildman–Crippen MR) is 124 cm³/mol. The van der Waals surface area contributed by atoms with Gasteiger partial charge in [-0.25, -0.2) is 4.98 Å². The maximum Gasteiger partial charge on any atom is 0.259 e. The Kier molecular flexibility index (Phi) is 6.20. The summed E-state index contributed by atoms with van der Waals surface area (Å²) in [6.45, 7) is 0.524. The third-order valence-corrected chi connectivity index (χ3v) is 5.59. The average molecular weight is 452 g/mol. The number of aromatic nitrogens is 5. The topological polar surface area (TPSA) is 93.7 Å². The van der Waals surface area contributed by atoms with Crippen LogP contribution in [0.2, 0.25) is 0 Å². The largest absolute Gasteiger partial charge is 0.494 e. The number of nitrogens with zero attached hydrogens (tertiary/aromatic N) is 4. The highest BCUT2D eigenvalue weighted by Crippen LogP contribution is 2.24. The minimum absolute atomic E-state index is 0. The molecule has 4 aromatic heterocycles. The minimum Gasteiger partial charge on any atom is -0.494 e. The van der Waals surface area contributed by atoms with Crippen LogP contribution < -0.4 is 10.3 Å². The van der Waals surface area contributed by atoms with Gasteiger partial charge in [0.15, 0.2) is 5.82 Å². The Morgan fingerprint density at radius 3 is 2.87 bits per heavy atom. The number of ether oxygens (including phenoxy) is 1. The van der Waals surface area contributed by atoms with Gasteiger partial charge in [-0.2, -0.15) is 0 Å². The molecule has 0 atom stereocenters. The first-order chi connectivity index (χ1) is 14.8. The molecule has 5 aromatic rings. The molecule has 0 amide bonds. The second-order valence-electron chi connectivity index (χ2n) is 6.77. The van der Waals surface area contributed by atoms with Crippen molar-refractivity contribution >= 4 is 44.7 Å². The van der Waals surface area contributed by atoms with Gasteiger partial charge in [-0.1, -0.05) is 0 Å². The Morgan fingerprint density at radius 1 is 1.06 bits per heavy atom. The highest BCUT2D eigenvalue weighted by molar-refractivity contribution is 7.17. The van der Waals surface area contributed by atoms with Crippen LogP contribution in [0, 0.1) is 0 Å². The van der Waals surface area contributed by atoms with Crippen molar-refractivity contribution in [1.82, 2.24) is 24.9 Å². The lowest BCUT2D eigenvalue weighted by molar-refractivity contribution is 0.311. The van der Waals surface area contributed by atoms with Crippen LogP contribution in [0.25, 0.3) is 32.5 Å². The fourth-order valence-electron chi connectivity index (χ4n) is 3.23. The SMILES string of the molecule is Cl.O=c1[nH]c(-c2cc3ccsc3cn2)nc2ccc(OCCCc3cnccn3)cc12. The Hall–Kier alpha value is -3.36. The van der Waals surface area contributed by atoms with E-state index in [9.17, 15) is 4.79 Å². The molecule has 4 heterocycles. The molecule has 0 saturated carbocycles. The quantitative estimate of drug-likeness (QED) is 0.384. The molecule has 0 aliphatic carbocycles. The summed E-state index contributed by atoms with van der Waals surface area (Å²) >= 11 is 1.63. The van der Waals surface area contributed by atoms with Crippen molar-refractivity contribution < 1.29 is 4.74 Å². The van der Waals surface area contributed by atoms with Crippen molar-refractivity contribution in [3.8, 4) is 17.3 Å². The number of hydrogen-bond acceptors (Lipinski definition) is 7. The molecule has 0 spiro atoms. The van der Waals surface area contributed by atoms with Crippen LogP contribution in [0.4, 0.5) is 0 Å². The average Bonchev–Trinajstić information content (AvgIpc) is 3.25. The molecule has 0 aliphatic rings. The number of halogens is 1. The summed E-state index contributed by atoms with van der Waals surface area (Å²) < 4.78 is 6.91. The number of benzene rings is 1. The lowest BCUT2D eigenvalue weighted by Gasteiger charge is -2.08. The van der Waals surface area contributed by atoms with Crippen molar-refractivity contribution in [3.63, 3.8) is 0 Å². The molecule has 0 saturated heterocycles. The van der Waals surface area contributed by atoms with Gasteiger partial charge in [-0.3, -0.25) is 19.7 Å². The lowest BCUT2D eigenvalue weighted by Crippen LogP contribution is -2.10. The number of thiophene rings is 1. The Bertz CT molecular complexity index is 1390. The maximum atomic E-state index is 12.7. The van der Waals surface area contributed by atoms with Crippen LogP contribution in [-0.4, -0.2) is 31.5 Å². The summed E-state index contributed by atoms with van der Waals surface area (Å²) in [5.41, 5.74) is 1.96. The smallest absolute Gasteiger partial charge is 0.259 e. The molecule has 7 nitrogen and oxygen atoms in total. The summed E-state index contributed by atoms with van der Waals surface area (Å²) in [6, 6.07) is 9.32. The molecule has 1 N–H and O–H groups in total. The van der Waals surface area contributed by atoms with Gasteiger partial charge in [0.2, 0.25) is 0 Å². The van der Waals surface area contributed by atoms with E-state index < -0.39 is 0 Å². The molecular weight excluding hydrogens is 434 g/mol. The molecule has 0 aliphatic heterocycles. The van der Waals surface area contributed by atoms with Gasteiger partial charge in [0.05, 0.1) is 27.9 Å². The molecule has 31 heavy (non-hydrogen) atoms. The number of aryl methyl sites for hydroxylation is 1. The van der Waals surface area contributed by atoms with E-state index in [4.69, 9.17) is 4.74 Å². The molecule has 0 unspecified atom stereocenters. The van der Waals surface area contributed by atoms with Gasteiger partial charge < -0.3 is 9.72 Å². The van der Waals surface area contributed by atoms with Crippen LogP contribution >= 0.6 is 23.7 Å². The monoisotopic (exact) mass is 451 g/mol. The van der Waals surface area contributed by atoms with E-state index >= 15 is 0 Å². The summed E-state index contributed by atoms with van der Waals surface area (Å²) in [6.07, 6.45) is 8.49. The van der Waals surface area contributed by atoms with Gasteiger partial charge in [-0.15, -0.1) is 23.7 Å². The Balaban J connectivity index is 0.00000231. The van der Waals surface area contributed by atoms with Crippen molar-refractivity contribution in [2.24, 2.45) is 0 Å². The zero-order valence-electron chi connectivity index (χ0n) is 16.3. The summed E-state index contributed by atoms with van der Waals surface area (Å²) in [4.78, 5) is 32.8. The molecule has 0 radical (unpaired) electrons. The van der Waals surface area contributed by atoms with Crippen molar-refractivity contribution in [2.45, 2.75) is 12.8 Å². The normalized spacial score (nSPS) is 10.8. The third-order valence-electron chi connectivity index (χ3n) is 4.72. The highest BCUT2D eigenvalue weighted by atomic mass is 35.5. The van der Waals surface area contributed by atoms with E-state index in [2.05, 4.69) is 24.9 Å². The summed E-state index contributed by atoms with van der Waals surface area (Å²) in [5, 5.41) is 3.58. The van der Waals surface area contributed by atoms with Gasteiger partial charge in [0.25, 0.3) is 5.56 Å². The number of hydrogen-bond donors (Lipinski definition) is 1. The molecular formula is C22H18ClN5O2S. The van der Waals surface area contributed by atoms with Crippen LogP contribution in [0.3, 0.4) is 0 Å². The lowest BCUT2D eigenvalue weighted by atomic mass is 10.2. The van der Waals surface area contributed by atoms with Crippen LogP contribution in [-0.2, 0) is 6.42 Å². The number of aromatic amines is 1. The number of nitrogens with one attached hydrogen (secondary N) is 1. The Labute approximate surface area is 187 Å². The molecule has 0 bridgehead atoms. The van der Waals surface area contributed by atoms with Gasteiger partial charge in [-0.05, 0) is 53.9 Å². The summed E-state index contributed by atoms with van der Waals surface area (Å²) in [7, 11) is 0. The van der Waals surface area contributed by atoms with E-state index in [1.54, 1.807) is 48.3 Å². The zero-order valence-corrected chi connectivity index (χ0v) is 17.9. The zero-order chi connectivity index (χ0) is 20.3. The van der Waals surface area contributed by atoms with Crippen LogP contribution in [0.15, 0.2) is 65.3 Å². The first-order valence-electron chi connectivity index (χ1n) is 9.52. The molecule has 0 fully saturated rings. The van der Waals surface area contributed by atoms with E-state index in [1.165, 1.54) is 0 Å². The number of pyridine rings is 1. The Morgan fingerprint density at radius 2 is 2.00 bits per heavy atom. The van der Waals surface area contributed by atoms with E-state index in [0.29, 0.717) is 34.8 Å².